The Balaban J connectivity index is 0.000000360. The Morgan fingerprint density at radius 2 is 2.06 bits per heavy atom. The molecule has 1 aliphatic carbocycles. The number of carboxylic acids is 1. The van der Waals surface area contributed by atoms with Gasteiger partial charge in [0.1, 0.15) is 6.10 Å². The van der Waals surface area contributed by atoms with Crippen LogP contribution in [0.1, 0.15) is 31.2 Å². The van der Waals surface area contributed by atoms with Crippen molar-refractivity contribution in [3.63, 3.8) is 0 Å². The van der Waals surface area contributed by atoms with E-state index >= 15 is 0 Å². The fraction of sp³-hybridized carbons (Fsp3) is 0.667. The van der Waals surface area contributed by atoms with Gasteiger partial charge in [0.15, 0.2) is 0 Å². The second kappa shape index (κ2) is 10.5. The number of ether oxygens (including phenoxy) is 2. The molecule has 3 heterocycles. The molecule has 0 spiro atoms. The molecule has 178 valence electrons. The molecular weight excluding hydrogens is 431 g/mol. The molecule has 2 N–H and O–H groups in total. The van der Waals surface area contributed by atoms with E-state index in [1.165, 1.54) is 12.8 Å². The van der Waals surface area contributed by atoms with Gasteiger partial charge in [0.25, 0.3) is 0 Å². The number of rotatable bonds is 6. The van der Waals surface area contributed by atoms with Crippen molar-refractivity contribution in [2.24, 2.45) is 11.8 Å². The van der Waals surface area contributed by atoms with Crippen molar-refractivity contribution in [2.75, 3.05) is 26.7 Å². The van der Waals surface area contributed by atoms with Crippen molar-refractivity contribution in [2.45, 2.75) is 50.6 Å². The first-order valence-electron chi connectivity index (χ1n) is 10.6. The second-order valence-electron chi connectivity index (χ2n) is 8.35. The van der Waals surface area contributed by atoms with Gasteiger partial charge in [-0.2, -0.15) is 13.2 Å². The number of pyridine rings is 1. The summed E-state index contributed by atoms with van der Waals surface area (Å²) in [5, 5.41) is 10.2. The first kappa shape index (κ1) is 24.2. The lowest BCUT2D eigenvalue weighted by atomic mass is 9.91. The third-order valence-corrected chi connectivity index (χ3v) is 5.87. The zero-order valence-electron chi connectivity index (χ0n) is 17.8. The fourth-order valence-corrected chi connectivity index (χ4v) is 3.96. The fourth-order valence-electron chi connectivity index (χ4n) is 3.96. The van der Waals surface area contributed by atoms with E-state index < -0.39 is 12.1 Å². The first-order valence-corrected chi connectivity index (χ1v) is 10.6. The summed E-state index contributed by atoms with van der Waals surface area (Å²) in [6, 6.07) is 4.00. The number of hydrogen-bond donors (Lipinski definition) is 2. The largest absolute Gasteiger partial charge is 0.490 e. The Labute approximate surface area is 184 Å². The highest BCUT2D eigenvalue weighted by Crippen LogP contribution is 2.34. The molecule has 1 saturated carbocycles. The predicted molar refractivity (Wildman–Crippen MR) is 107 cm³/mol. The van der Waals surface area contributed by atoms with Crippen molar-refractivity contribution in [1.29, 1.82) is 0 Å². The molecular formula is C21H28F3N3O5. The van der Waals surface area contributed by atoms with E-state index in [0.29, 0.717) is 17.7 Å². The van der Waals surface area contributed by atoms with Gasteiger partial charge in [0.2, 0.25) is 11.8 Å². The maximum atomic E-state index is 12.3. The molecule has 0 unspecified atom stereocenters. The number of alkyl halides is 3. The van der Waals surface area contributed by atoms with E-state index in [1.807, 2.05) is 6.07 Å². The van der Waals surface area contributed by atoms with Crippen LogP contribution >= 0.6 is 0 Å². The minimum atomic E-state index is -5.08. The minimum absolute atomic E-state index is 0.0850. The van der Waals surface area contributed by atoms with E-state index in [0.717, 1.165) is 44.6 Å². The van der Waals surface area contributed by atoms with E-state index in [4.69, 9.17) is 19.4 Å². The zero-order chi connectivity index (χ0) is 23.3. The van der Waals surface area contributed by atoms with Crippen molar-refractivity contribution in [1.82, 2.24) is 15.2 Å². The third kappa shape index (κ3) is 6.80. The number of likely N-dealkylation sites (tertiary alicyclic amines) is 1. The highest BCUT2D eigenvalue weighted by molar-refractivity contribution is 5.81. The van der Waals surface area contributed by atoms with Gasteiger partial charge in [-0.25, -0.2) is 9.78 Å². The van der Waals surface area contributed by atoms with Crippen LogP contribution in [0.2, 0.25) is 0 Å². The normalized spacial score (nSPS) is 25.3. The smallest absolute Gasteiger partial charge is 0.481 e. The molecule has 0 radical (unpaired) electrons. The van der Waals surface area contributed by atoms with E-state index in [-0.39, 0.29) is 18.1 Å². The summed E-state index contributed by atoms with van der Waals surface area (Å²) in [7, 11) is 1.66. The van der Waals surface area contributed by atoms with Crippen molar-refractivity contribution in [3.05, 3.63) is 23.9 Å². The van der Waals surface area contributed by atoms with Gasteiger partial charge >= 0.3 is 12.1 Å². The highest BCUT2D eigenvalue weighted by Gasteiger charge is 2.42. The molecule has 1 aromatic rings. The molecule has 32 heavy (non-hydrogen) atoms. The number of carbonyl (C=O) groups is 2. The second-order valence-corrected chi connectivity index (χ2v) is 8.35. The van der Waals surface area contributed by atoms with Crippen LogP contribution in [-0.4, -0.2) is 72.0 Å². The van der Waals surface area contributed by atoms with Crippen LogP contribution in [0.5, 0.6) is 5.88 Å². The lowest BCUT2D eigenvalue weighted by molar-refractivity contribution is -0.192. The number of fused-ring (bicyclic) bond motifs is 1. The first-order chi connectivity index (χ1) is 15.2. The van der Waals surface area contributed by atoms with Gasteiger partial charge in [-0.3, -0.25) is 9.69 Å². The maximum Gasteiger partial charge on any atom is 0.490 e. The third-order valence-electron chi connectivity index (χ3n) is 5.87. The van der Waals surface area contributed by atoms with Crippen LogP contribution < -0.4 is 10.1 Å². The van der Waals surface area contributed by atoms with Crippen LogP contribution in [0.3, 0.4) is 0 Å². The van der Waals surface area contributed by atoms with Crippen molar-refractivity contribution < 1.29 is 37.3 Å². The molecule has 2 aliphatic heterocycles. The van der Waals surface area contributed by atoms with Crippen LogP contribution in [0, 0.1) is 11.8 Å². The number of piperidine rings is 1. The summed E-state index contributed by atoms with van der Waals surface area (Å²) < 4.78 is 43.2. The molecule has 3 aliphatic rings. The topological polar surface area (TPSA) is 101 Å². The molecule has 3 fully saturated rings. The number of halogens is 3. The molecule has 8 nitrogen and oxygen atoms in total. The number of carbonyl (C=O) groups excluding carboxylic acids is 1. The average Bonchev–Trinajstić information content (AvgIpc) is 3.49. The van der Waals surface area contributed by atoms with Crippen LogP contribution in [0.4, 0.5) is 13.2 Å². The number of aromatic nitrogens is 1. The Morgan fingerprint density at radius 1 is 1.34 bits per heavy atom. The maximum absolute atomic E-state index is 12.3. The zero-order valence-corrected chi connectivity index (χ0v) is 17.8. The molecule has 2 saturated heterocycles. The number of nitrogens with zero attached hydrogens (tertiary/aromatic N) is 2. The minimum Gasteiger partial charge on any atom is -0.481 e. The van der Waals surface area contributed by atoms with Gasteiger partial charge in [0.05, 0.1) is 13.2 Å². The number of carboxylic acid groups (broad SMARTS) is 1. The van der Waals surface area contributed by atoms with Gasteiger partial charge in [-0.15, -0.1) is 0 Å². The van der Waals surface area contributed by atoms with Crippen LogP contribution in [0.15, 0.2) is 18.3 Å². The van der Waals surface area contributed by atoms with Crippen LogP contribution in [-0.2, 0) is 20.9 Å². The van der Waals surface area contributed by atoms with E-state index in [2.05, 4.69) is 21.3 Å². The molecule has 4 rings (SSSR count). The summed E-state index contributed by atoms with van der Waals surface area (Å²) in [6.45, 7) is 3.52. The summed E-state index contributed by atoms with van der Waals surface area (Å²) in [4.78, 5) is 27.8. The standard InChI is InChI=1S/C19H27N3O3.C2HF3O2/c1-24-19-15(3-2-7-20-19)11-22-8-6-14-9-16(25-17(14)12-22)18(23)21-10-13-4-5-13;3-2(4,5)1(6)7/h2-3,7,13-14,16-17H,4-6,8-12H2,1H3,(H,21,23);(H,6,7)/t14-,16+,17-;/m0./s1. The monoisotopic (exact) mass is 459 g/mol. The Hall–Kier alpha value is -2.40. The lowest BCUT2D eigenvalue weighted by Gasteiger charge is -2.34. The van der Waals surface area contributed by atoms with Gasteiger partial charge in [-0.1, -0.05) is 6.07 Å². The number of nitrogens with one attached hydrogen (secondary N) is 1. The Bertz CT molecular complexity index is 803. The Morgan fingerprint density at radius 3 is 2.69 bits per heavy atom. The molecule has 11 heteroatoms. The molecule has 0 aromatic carbocycles. The summed E-state index contributed by atoms with van der Waals surface area (Å²) in [5.74, 6) is -0.773. The number of methoxy groups -OCH3 is 1. The van der Waals surface area contributed by atoms with Crippen molar-refractivity contribution >= 4 is 11.9 Å². The number of hydrogen-bond acceptors (Lipinski definition) is 6. The highest BCUT2D eigenvalue weighted by atomic mass is 19.4. The molecule has 3 atom stereocenters. The van der Waals surface area contributed by atoms with Gasteiger partial charge < -0.3 is 19.9 Å². The van der Waals surface area contributed by atoms with E-state index in [1.54, 1.807) is 13.3 Å². The van der Waals surface area contributed by atoms with E-state index in [9.17, 15) is 18.0 Å². The quantitative estimate of drug-likeness (QED) is 0.673. The van der Waals surface area contributed by atoms with Crippen molar-refractivity contribution in [3.8, 4) is 5.88 Å². The summed E-state index contributed by atoms with van der Waals surface area (Å²) in [6.07, 6.45) is 1.02. The molecule has 1 amide bonds. The Kier molecular flexibility index (Phi) is 7.94. The number of aliphatic carboxylic acids is 1. The lowest BCUT2D eigenvalue weighted by Crippen LogP contribution is -2.42. The summed E-state index contributed by atoms with van der Waals surface area (Å²) >= 11 is 0. The molecule has 0 bridgehead atoms. The summed E-state index contributed by atoms with van der Waals surface area (Å²) in [5.41, 5.74) is 1.10. The predicted octanol–water partition coefficient (Wildman–Crippen LogP) is 2.23. The van der Waals surface area contributed by atoms with Crippen LogP contribution in [0.25, 0.3) is 0 Å². The average molecular weight is 459 g/mol. The SMILES string of the molecule is COc1ncccc1CN1CC[C@H]2C[C@H](C(=O)NCC3CC3)O[C@H]2C1.O=C(O)C(F)(F)F. The van der Waals surface area contributed by atoms with Gasteiger partial charge in [-0.05, 0) is 50.1 Å². The number of amides is 1. The van der Waals surface area contributed by atoms with Gasteiger partial charge in [0, 0.05) is 31.4 Å². The molecule has 1 aromatic heterocycles.